The molecule has 1 fully saturated rings. The van der Waals surface area contributed by atoms with Gasteiger partial charge in [-0.1, -0.05) is 0 Å². The number of nitriles is 1. The minimum atomic E-state index is -0.568. The van der Waals surface area contributed by atoms with Crippen molar-refractivity contribution in [1.29, 1.82) is 5.26 Å². The van der Waals surface area contributed by atoms with Crippen LogP contribution in [-0.4, -0.2) is 18.5 Å². The van der Waals surface area contributed by atoms with Crippen LogP contribution in [0.1, 0.15) is 12.0 Å². The lowest BCUT2D eigenvalue weighted by molar-refractivity contribution is -0.118. The molecule has 5 heteroatoms. The average Bonchev–Trinajstić information content (AvgIpc) is 2.60. The SMILES string of the molecule is N#Cc1ccc(N2CCC(N)C2=O)c(F)c1. The van der Waals surface area contributed by atoms with Gasteiger partial charge in [-0.2, -0.15) is 5.26 Å². The molecule has 1 aliphatic heterocycles. The van der Waals surface area contributed by atoms with Crippen molar-refractivity contribution in [2.75, 3.05) is 11.4 Å². The van der Waals surface area contributed by atoms with Crippen molar-refractivity contribution in [3.8, 4) is 6.07 Å². The highest BCUT2D eigenvalue weighted by Crippen LogP contribution is 2.24. The molecule has 1 amide bonds. The number of nitrogens with zero attached hydrogens (tertiary/aromatic N) is 2. The topological polar surface area (TPSA) is 70.1 Å². The van der Waals surface area contributed by atoms with Crippen LogP contribution < -0.4 is 10.6 Å². The van der Waals surface area contributed by atoms with Gasteiger partial charge in [0.25, 0.3) is 0 Å². The van der Waals surface area contributed by atoms with Crippen molar-refractivity contribution in [2.45, 2.75) is 12.5 Å². The molecule has 0 bridgehead atoms. The highest BCUT2D eigenvalue weighted by Gasteiger charge is 2.30. The van der Waals surface area contributed by atoms with Gasteiger partial charge in [0, 0.05) is 6.54 Å². The largest absolute Gasteiger partial charge is 0.320 e. The van der Waals surface area contributed by atoms with Crippen LogP contribution in [0.25, 0.3) is 0 Å². The van der Waals surface area contributed by atoms with Gasteiger partial charge in [0.2, 0.25) is 5.91 Å². The molecule has 1 unspecified atom stereocenters. The first-order chi connectivity index (χ1) is 7.63. The van der Waals surface area contributed by atoms with E-state index in [1.807, 2.05) is 6.07 Å². The number of carbonyl (C=O) groups is 1. The molecule has 1 saturated heterocycles. The van der Waals surface area contributed by atoms with E-state index in [0.29, 0.717) is 13.0 Å². The number of halogens is 1. The van der Waals surface area contributed by atoms with E-state index in [0.717, 1.165) is 6.07 Å². The van der Waals surface area contributed by atoms with Crippen LogP contribution in [0.4, 0.5) is 10.1 Å². The average molecular weight is 219 g/mol. The Morgan fingerprint density at radius 1 is 1.56 bits per heavy atom. The Morgan fingerprint density at radius 3 is 2.81 bits per heavy atom. The van der Waals surface area contributed by atoms with Crippen LogP contribution >= 0.6 is 0 Å². The Bertz CT molecular complexity index is 481. The molecular formula is C11H10FN3O. The lowest BCUT2D eigenvalue weighted by atomic mass is 10.2. The molecule has 1 aromatic rings. The van der Waals surface area contributed by atoms with Gasteiger partial charge >= 0.3 is 0 Å². The molecule has 0 radical (unpaired) electrons. The number of benzene rings is 1. The molecule has 4 nitrogen and oxygen atoms in total. The third kappa shape index (κ3) is 1.64. The van der Waals surface area contributed by atoms with Crippen LogP contribution in [0, 0.1) is 17.1 Å². The first-order valence-electron chi connectivity index (χ1n) is 4.90. The van der Waals surface area contributed by atoms with Crippen molar-refractivity contribution in [3.05, 3.63) is 29.6 Å². The van der Waals surface area contributed by atoms with Gasteiger partial charge in [0.1, 0.15) is 5.82 Å². The number of amides is 1. The fraction of sp³-hybridized carbons (Fsp3) is 0.273. The van der Waals surface area contributed by atoms with Crippen molar-refractivity contribution in [3.63, 3.8) is 0 Å². The summed E-state index contributed by atoms with van der Waals surface area (Å²) in [7, 11) is 0. The van der Waals surface area contributed by atoms with E-state index >= 15 is 0 Å². The van der Waals surface area contributed by atoms with E-state index < -0.39 is 11.9 Å². The predicted molar refractivity (Wildman–Crippen MR) is 56.1 cm³/mol. The lowest BCUT2D eigenvalue weighted by Gasteiger charge is -2.16. The fourth-order valence-electron chi connectivity index (χ4n) is 1.74. The summed E-state index contributed by atoms with van der Waals surface area (Å²) >= 11 is 0. The molecule has 82 valence electrons. The van der Waals surface area contributed by atoms with Crippen molar-refractivity contribution in [1.82, 2.24) is 0 Å². The summed E-state index contributed by atoms with van der Waals surface area (Å²) < 4.78 is 13.6. The summed E-state index contributed by atoms with van der Waals surface area (Å²) in [4.78, 5) is 12.9. The molecule has 16 heavy (non-hydrogen) atoms. The van der Waals surface area contributed by atoms with Gasteiger partial charge in [-0.15, -0.1) is 0 Å². The van der Waals surface area contributed by atoms with Gasteiger partial charge in [0.05, 0.1) is 23.4 Å². The van der Waals surface area contributed by atoms with Crippen molar-refractivity contribution in [2.24, 2.45) is 5.73 Å². The lowest BCUT2D eigenvalue weighted by Crippen LogP contribution is -2.34. The Hall–Kier alpha value is -1.93. The Labute approximate surface area is 92.1 Å². The van der Waals surface area contributed by atoms with Gasteiger partial charge in [-0.05, 0) is 24.6 Å². The molecule has 2 rings (SSSR count). The number of hydrogen-bond donors (Lipinski definition) is 1. The second kappa shape index (κ2) is 3.91. The van der Waals surface area contributed by atoms with E-state index in [1.165, 1.54) is 17.0 Å². The summed E-state index contributed by atoms with van der Waals surface area (Å²) in [5.41, 5.74) is 5.97. The highest BCUT2D eigenvalue weighted by atomic mass is 19.1. The van der Waals surface area contributed by atoms with Crippen LogP contribution in [0.5, 0.6) is 0 Å². The maximum absolute atomic E-state index is 13.6. The Balaban J connectivity index is 2.35. The maximum Gasteiger partial charge on any atom is 0.244 e. The maximum atomic E-state index is 13.6. The highest BCUT2D eigenvalue weighted by molar-refractivity contribution is 5.99. The molecule has 0 aliphatic carbocycles. The van der Waals surface area contributed by atoms with E-state index in [4.69, 9.17) is 11.0 Å². The number of anilines is 1. The molecular weight excluding hydrogens is 209 g/mol. The molecule has 1 atom stereocenters. The molecule has 1 heterocycles. The second-order valence-electron chi connectivity index (χ2n) is 3.66. The zero-order valence-corrected chi connectivity index (χ0v) is 8.48. The standard InChI is InChI=1S/C11H10FN3O/c12-8-5-7(6-13)1-2-10(8)15-4-3-9(14)11(15)16/h1-2,5,9H,3-4,14H2. The summed E-state index contributed by atoms with van der Waals surface area (Å²) in [6.45, 7) is 0.419. The van der Waals surface area contributed by atoms with E-state index in [-0.39, 0.29) is 17.2 Å². The minimum absolute atomic E-state index is 0.192. The van der Waals surface area contributed by atoms with Crippen LogP contribution in [0.3, 0.4) is 0 Å². The molecule has 0 aromatic heterocycles. The Kier molecular flexibility index (Phi) is 2.59. The van der Waals surface area contributed by atoms with Crippen LogP contribution in [-0.2, 0) is 4.79 Å². The monoisotopic (exact) mass is 219 g/mol. The Morgan fingerprint density at radius 2 is 2.31 bits per heavy atom. The first kappa shape index (κ1) is 10.6. The molecule has 0 spiro atoms. The van der Waals surface area contributed by atoms with E-state index in [9.17, 15) is 9.18 Å². The third-order valence-electron chi connectivity index (χ3n) is 2.61. The summed E-state index contributed by atoms with van der Waals surface area (Å²) in [6, 6.07) is 5.32. The first-order valence-corrected chi connectivity index (χ1v) is 4.90. The van der Waals surface area contributed by atoms with Crippen molar-refractivity contribution < 1.29 is 9.18 Å². The normalized spacial score (nSPS) is 19.9. The van der Waals surface area contributed by atoms with E-state index in [1.54, 1.807) is 0 Å². The predicted octanol–water partition coefficient (Wildman–Crippen LogP) is 0.761. The number of nitrogens with two attached hydrogens (primary N) is 1. The van der Waals surface area contributed by atoms with Crippen molar-refractivity contribution >= 4 is 11.6 Å². The van der Waals surface area contributed by atoms with Crippen LogP contribution in [0.2, 0.25) is 0 Å². The number of hydrogen-bond acceptors (Lipinski definition) is 3. The van der Waals surface area contributed by atoms with Gasteiger partial charge in [0.15, 0.2) is 0 Å². The molecule has 0 saturated carbocycles. The smallest absolute Gasteiger partial charge is 0.244 e. The third-order valence-corrected chi connectivity index (χ3v) is 2.61. The van der Waals surface area contributed by atoms with Gasteiger partial charge < -0.3 is 10.6 Å². The zero-order chi connectivity index (χ0) is 11.7. The quantitative estimate of drug-likeness (QED) is 0.758. The summed E-state index contributed by atoms with van der Waals surface area (Å²) in [5, 5.41) is 8.60. The van der Waals surface area contributed by atoms with Gasteiger partial charge in [-0.25, -0.2) is 4.39 Å². The van der Waals surface area contributed by atoms with Gasteiger partial charge in [-0.3, -0.25) is 4.79 Å². The number of rotatable bonds is 1. The fourth-order valence-corrected chi connectivity index (χ4v) is 1.74. The number of carbonyl (C=O) groups excluding carboxylic acids is 1. The van der Waals surface area contributed by atoms with Crippen LogP contribution in [0.15, 0.2) is 18.2 Å². The molecule has 2 N–H and O–H groups in total. The summed E-state index contributed by atoms with van der Waals surface area (Å²) in [6.07, 6.45) is 0.526. The minimum Gasteiger partial charge on any atom is -0.320 e. The molecule has 1 aromatic carbocycles. The second-order valence-corrected chi connectivity index (χ2v) is 3.66. The molecule has 1 aliphatic rings. The van der Waals surface area contributed by atoms with E-state index in [2.05, 4.69) is 0 Å². The summed E-state index contributed by atoms with van der Waals surface area (Å²) in [5.74, 6) is -0.842. The zero-order valence-electron chi connectivity index (χ0n) is 8.48.